The van der Waals surface area contributed by atoms with Crippen LogP contribution in [0.2, 0.25) is 0 Å². The van der Waals surface area contributed by atoms with Crippen LogP contribution >= 0.6 is 0 Å². The van der Waals surface area contributed by atoms with Crippen molar-refractivity contribution in [2.45, 2.75) is 52.9 Å². The molecule has 0 bridgehead atoms. The zero-order valence-electron chi connectivity index (χ0n) is 13.0. The van der Waals surface area contributed by atoms with Crippen molar-refractivity contribution >= 4 is 5.96 Å². The molecule has 1 saturated heterocycles. The summed E-state index contributed by atoms with van der Waals surface area (Å²) in [6.07, 6.45) is 6.95. The number of nitrogens with one attached hydrogen (secondary N) is 1. The first-order valence-corrected chi connectivity index (χ1v) is 8.24. The molecule has 19 heavy (non-hydrogen) atoms. The van der Waals surface area contributed by atoms with Gasteiger partial charge in [0.2, 0.25) is 0 Å². The van der Waals surface area contributed by atoms with E-state index in [4.69, 9.17) is 4.99 Å². The lowest BCUT2D eigenvalue weighted by molar-refractivity contribution is 0.299. The largest absolute Gasteiger partial charge is 0.357 e. The van der Waals surface area contributed by atoms with E-state index in [2.05, 4.69) is 31.0 Å². The minimum atomic E-state index is 0.743. The van der Waals surface area contributed by atoms with Gasteiger partial charge < -0.3 is 10.2 Å². The molecule has 110 valence electrons. The quantitative estimate of drug-likeness (QED) is 0.625. The van der Waals surface area contributed by atoms with Gasteiger partial charge in [-0.05, 0) is 43.9 Å². The van der Waals surface area contributed by atoms with Crippen molar-refractivity contribution in [2.75, 3.05) is 26.2 Å². The molecule has 2 aliphatic rings. The van der Waals surface area contributed by atoms with Gasteiger partial charge in [0, 0.05) is 26.2 Å². The molecule has 0 aromatic carbocycles. The van der Waals surface area contributed by atoms with Gasteiger partial charge in [0.1, 0.15) is 0 Å². The molecule has 0 aromatic rings. The molecule has 1 saturated carbocycles. The SMILES string of the molecule is CCNC(=NCCC(C)C)N1CC2CCCCC2C1. The van der Waals surface area contributed by atoms with Crippen molar-refractivity contribution in [1.82, 2.24) is 10.2 Å². The predicted octanol–water partition coefficient (Wildman–Crippen LogP) is 3.12. The Morgan fingerprint density at radius 1 is 1.21 bits per heavy atom. The summed E-state index contributed by atoms with van der Waals surface area (Å²) in [7, 11) is 0. The molecule has 0 radical (unpaired) electrons. The van der Waals surface area contributed by atoms with Crippen LogP contribution in [-0.2, 0) is 0 Å². The van der Waals surface area contributed by atoms with E-state index < -0.39 is 0 Å². The fraction of sp³-hybridized carbons (Fsp3) is 0.938. The molecule has 0 spiro atoms. The summed E-state index contributed by atoms with van der Waals surface area (Å²) in [4.78, 5) is 7.34. The van der Waals surface area contributed by atoms with Crippen LogP contribution in [0, 0.1) is 17.8 Å². The van der Waals surface area contributed by atoms with Crippen LogP contribution < -0.4 is 5.32 Å². The van der Waals surface area contributed by atoms with Crippen molar-refractivity contribution in [3.63, 3.8) is 0 Å². The minimum absolute atomic E-state index is 0.743. The molecule has 2 unspecified atom stereocenters. The summed E-state index contributed by atoms with van der Waals surface area (Å²) >= 11 is 0. The second-order valence-corrected chi connectivity index (χ2v) is 6.63. The predicted molar refractivity (Wildman–Crippen MR) is 82.5 cm³/mol. The molecular formula is C16H31N3. The maximum Gasteiger partial charge on any atom is 0.193 e. The van der Waals surface area contributed by atoms with Gasteiger partial charge in [-0.1, -0.05) is 26.7 Å². The highest BCUT2D eigenvalue weighted by atomic mass is 15.3. The van der Waals surface area contributed by atoms with Crippen LogP contribution in [0.15, 0.2) is 4.99 Å². The third-order valence-corrected chi connectivity index (χ3v) is 4.58. The first kappa shape index (κ1) is 14.7. The third kappa shape index (κ3) is 4.12. The summed E-state index contributed by atoms with van der Waals surface area (Å²) in [5, 5.41) is 3.48. The molecule has 3 nitrogen and oxygen atoms in total. The number of hydrogen-bond donors (Lipinski definition) is 1. The topological polar surface area (TPSA) is 27.6 Å². The van der Waals surface area contributed by atoms with Gasteiger partial charge in [0.15, 0.2) is 5.96 Å². The summed E-state index contributed by atoms with van der Waals surface area (Å²) < 4.78 is 0. The number of nitrogens with zero attached hydrogens (tertiary/aromatic N) is 2. The summed E-state index contributed by atoms with van der Waals surface area (Å²) in [6.45, 7) is 11.1. The number of hydrogen-bond acceptors (Lipinski definition) is 1. The van der Waals surface area contributed by atoms with Gasteiger partial charge in [-0.2, -0.15) is 0 Å². The Morgan fingerprint density at radius 2 is 1.84 bits per heavy atom. The molecular weight excluding hydrogens is 234 g/mol. The van der Waals surface area contributed by atoms with Gasteiger partial charge >= 0.3 is 0 Å². The van der Waals surface area contributed by atoms with Crippen LogP contribution in [0.4, 0.5) is 0 Å². The first-order valence-electron chi connectivity index (χ1n) is 8.24. The van der Waals surface area contributed by atoms with Crippen molar-refractivity contribution < 1.29 is 0 Å². The number of aliphatic imine (C=N–C) groups is 1. The molecule has 2 fully saturated rings. The van der Waals surface area contributed by atoms with Gasteiger partial charge in [-0.3, -0.25) is 4.99 Å². The summed E-state index contributed by atoms with van der Waals surface area (Å²) in [5.41, 5.74) is 0. The maximum atomic E-state index is 4.82. The van der Waals surface area contributed by atoms with Crippen molar-refractivity contribution in [2.24, 2.45) is 22.7 Å². The van der Waals surface area contributed by atoms with Crippen molar-refractivity contribution in [1.29, 1.82) is 0 Å². The van der Waals surface area contributed by atoms with Gasteiger partial charge in [-0.25, -0.2) is 0 Å². The molecule has 1 N–H and O–H groups in total. The molecule has 1 aliphatic heterocycles. The second-order valence-electron chi connectivity index (χ2n) is 6.63. The van der Waals surface area contributed by atoms with E-state index in [1.165, 1.54) is 45.2 Å². The zero-order valence-corrected chi connectivity index (χ0v) is 13.0. The molecule has 0 aromatic heterocycles. The Labute approximate surface area is 118 Å². The van der Waals surface area contributed by atoms with Crippen molar-refractivity contribution in [3.8, 4) is 0 Å². The molecule has 2 rings (SSSR count). The highest BCUT2D eigenvalue weighted by molar-refractivity contribution is 5.80. The molecule has 1 aliphatic carbocycles. The minimum Gasteiger partial charge on any atom is -0.357 e. The second kappa shape index (κ2) is 7.16. The molecule has 2 atom stereocenters. The standard InChI is InChI=1S/C16H31N3/c1-4-17-16(18-10-9-13(2)3)19-11-14-7-5-6-8-15(14)12-19/h13-15H,4-12H2,1-3H3,(H,17,18). The van der Waals surface area contributed by atoms with Crippen LogP contribution in [0.5, 0.6) is 0 Å². The molecule has 3 heteroatoms. The summed E-state index contributed by atoms with van der Waals surface area (Å²) in [5.74, 6) is 3.77. The number of likely N-dealkylation sites (tertiary alicyclic amines) is 1. The highest BCUT2D eigenvalue weighted by Gasteiger charge is 2.35. The Morgan fingerprint density at radius 3 is 2.37 bits per heavy atom. The Kier molecular flexibility index (Phi) is 5.53. The maximum absolute atomic E-state index is 4.82. The fourth-order valence-corrected chi connectivity index (χ4v) is 3.43. The lowest BCUT2D eigenvalue weighted by atomic mass is 9.82. The highest BCUT2D eigenvalue weighted by Crippen LogP contribution is 2.35. The molecule has 0 amide bonds. The van der Waals surface area contributed by atoms with Gasteiger partial charge in [-0.15, -0.1) is 0 Å². The number of guanidine groups is 1. The lowest BCUT2D eigenvalue weighted by Gasteiger charge is -2.22. The normalized spacial score (nSPS) is 27.8. The van der Waals surface area contributed by atoms with Crippen LogP contribution in [0.1, 0.15) is 52.9 Å². The van der Waals surface area contributed by atoms with E-state index in [0.717, 1.165) is 36.8 Å². The van der Waals surface area contributed by atoms with E-state index in [1.807, 2.05) is 0 Å². The molecule has 1 heterocycles. The Bertz CT molecular complexity index is 284. The van der Waals surface area contributed by atoms with Crippen molar-refractivity contribution in [3.05, 3.63) is 0 Å². The van der Waals surface area contributed by atoms with E-state index in [1.54, 1.807) is 0 Å². The van der Waals surface area contributed by atoms with Crippen LogP contribution in [0.3, 0.4) is 0 Å². The average Bonchev–Trinajstić information content (AvgIpc) is 2.81. The zero-order chi connectivity index (χ0) is 13.7. The number of rotatable bonds is 4. The Balaban J connectivity index is 1.91. The van der Waals surface area contributed by atoms with Gasteiger partial charge in [0.25, 0.3) is 0 Å². The number of fused-ring (bicyclic) bond motifs is 1. The van der Waals surface area contributed by atoms with Crippen LogP contribution in [0.25, 0.3) is 0 Å². The third-order valence-electron chi connectivity index (χ3n) is 4.58. The fourth-order valence-electron chi connectivity index (χ4n) is 3.43. The van der Waals surface area contributed by atoms with E-state index in [9.17, 15) is 0 Å². The summed E-state index contributed by atoms with van der Waals surface area (Å²) in [6, 6.07) is 0. The first-order chi connectivity index (χ1) is 9.20. The van der Waals surface area contributed by atoms with E-state index >= 15 is 0 Å². The van der Waals surface area contributed by atoms with E-state index in [-0.39, 0.29) is 0 Å². The Hall–Kier alpha value is -0.730. The lowest BCUT2D eigenvalue weighted by Crippen LogP contribution is -2.40. The van der Waals surface area contributed by atoms with Gasteiger partial charge in [0.05, 0.1) is 0 Å². The monoisotopic (exact) mass is 265 g/mol. The average molecular weight is 265 g/mol. The smallest absolute Gasteiger partial charge is 0.193 e. The van der Waals surface area contributed by atoms with Crippen LogP contribution in [-0.4, -0.2) is 37.0 Å². The van der Waals surface area contributed by atoms with E-state index in [0.29, 0.717) is 0 Å².